The molecule has 92 valence electrons. The van der Waals surface area contributed by atoms with Gasteiger partial charge in [0.15, 0.2) is 5.65 Å². The smallest absolute Gasteiger partial charge is 0.348 e. The van der Waals surface area contributed by atoms with Crippen LogP contribution in [0.3, 0.4) is 0 Å². The molecule has 0 spiro atoms. The molecule has 2 rings (SSSR count). The first kappa shape index (κ1) is 11.6. The number of fused-ring (bicyclic) bond motifs is 1. The maximum absolute atomic E-state index is 11.2. The van der Waals surface area contributed by atoms with Crippen molar-refractivity contribution < 1.29 is 4.74 Å². The number of H-pyrrole nitrogens is 1. The predicted octanol–water partition coefficient (Wildman–Crippen LogP) is 0.254. The van der Waals surface area contributed by atoms with Gasteiger partial charge in [0.2, 0.25) is 0 Å². The summed E-state index contributed by atoms with van der Waals surface area (Å²) in [5.74, 6) is 0.681. The monoisotopic (exact) mass is 237 g/mol. The van der Waals surface area contributed by atoms with Crippen molar-refractivity contribution in [1.82, 2.24) is 19.6 Å². The number of aromatic nitrogens is 4. The van der Waals surface area contributed by atoms with E-state index in [0.29, 0.717) is 18.1 Å². The summed E-state index contributed by atoms with van der Waals surface area (Å²) in [6, 6.07) is 1.91. The minimum atomic E-state index is -0.289. The molecule has 2 aromatic heterocycles. The van der Waals surface area contributed by atoms with Crippen LogP contribution < -0.4 is 11.0 Å². The van der Waals surface area contributed by atoms with Gasteiger partial charge in [-0.3, -0.25) is 0 Å². The van der Waals surface area contributed by atoms with Crippen molar-refractivity contribution in [3.63, 3.8) is 0 Å². The molecule has 0 aliphatic heterocycles. The summed E-state index contributed by atoms with van der Waals surface area (Å²) in [7, 11) is 1.66. The lowest BCUT2D eigenvalue weighted by atomic mass is 10.2. The van der Waals surface area contributed by atoms with Gasteiger partial charge in [0.1, 0.15) is 12.1 Å². The van der Waals surface area contributed by atoms with E-state index in [0.717, 1.165) is 6.42 Å². The molecule has 2 heterocycles. The Hall–Kier alpha value is -1.89. The summed E-state index contributed by atoms with van der Waals surface area (Å²) in [5.41, 5.74) is 0.253. The summed E-state index contributed by atoms with van der Waals surface area (Å²) in [6.07, 6.45) is 2.37. The second-order valence-corrected chi connectivity index (χ2v) is 3.74. The Labute approximate surface area is 97.8 Å². The maximum Gasteiger partial charge on any atom is 0.348 e. The van der Waals surface area contributed by atoms with Gasteiger partial charge >= 0.3 is 5.69 Å². The SMILES string of the molecule is CCC(COC)Nc1cc2n[nH]c(=O)n2cn1. The van der Waals surface area contributed by atoms with E-state index in [9.17, 15) is 4.79 Å². The molecule has 7 heteroatoms. The van der Waals surface area contributed by atoms with E-state index in [1.54, 1.807) is 13.2 Å². The van der Waals surface area contributed by atoms with Gasteiger partial charge in [-0.25, -0.2) is 19.3 Å². The minimum absolute atomic E-state index is 0.195. The van der Waals surface area contributed by atoms with Gasteiger partial charge in [-0.2, -0.15) is 5.10 Å². The van der Waals surface area contributed by atoms with Gasteiger partial charge in [0, 0.05) is 13.2 Å². The van der Waals surface area contributed by atoms with Crippen molar-refractivity contribution in [2.24, 2.45) is 0 Å². The lowest BCUT2D eigenvalue weighted by molar-refractivity contribution is 0.184. The Morgan fingerprint density at radius 1 is 1.65 bits per heavy atom. The Morgan fingerprint density at radius 3 is 3.18 bits per heavy atom. The van der Waals surface area contributed by atoms with Crippen LogP contribution in [0.4, 0.5) is 5.82 Å². The van der Waals surface area contributed by atoms with Gasteiger partial charge < -0.3 is 10.1 Å². The fourth-order valence-electron chi connectivity index (χ4n) is 1.56. The molecule has 0 aromatic carbocycles. The van der Waals surface area contributed by atoms with E-state index in [1.807, 2.05) is 0 Å². The summed E-state index contributed by atoms with van der Waals surface area (Å²) in [5, 5.41) is 9.46. The molecule has 2 N–H and O–H groups in total. The first-order chi connectivity index (χ1) is 8.24. The molecule has 1 atom stereocenters. The van der Waals surface area contributed by atoms with Gasteiger partial charge in [-0.05, 0) is 6.42 Å². The number of rotatable bonds is 5. The molecule has 0 saturated heterocycles. The van der Waals surface area contributed by atoms with Crippen LogP contribution in [0.1, 0.15) is 13.3 Å². The van der Waals surface area contributed by atoms with Gasteiger partial charge in [-0.1, -0.05) is 6.92 Å². The molecule has 0 radical (unpaired) electrons. The molecule has 17 heavy (non-hydrogen) atoms. The Kier molecular flexibility index (Phi) is 3.38. The summed E-state index contributed by atoms with van der Waals surface area (Å²) < 4.78 is 6.44. The quantitative estimate of drug-likeness (QED) is 0.779. The van der Waals surface area contributed by atoms with Crippen LogP contribution in [-0.4, -0.2) is 39.3 Å². The predicted molar refractivity (Wildman–Crippen MR) is 63.2 cm³/mol. The van der Waals surface area contributed by atoms with Crippen LogP contribution in [0.5, 0.6) is 0 Å². The fraction of sp³-hybridized carbons (Fsp3) is 0.500. The standard InChI is InChI=1S/C10H15N5O2/c1-3-7(5-17-2)12-8-4-9-13-14-10(16)15(9)6-11-8/h4,6-7,12H,3,5H2,1-2H3,(H,14,16). The number of nitrogens with one attached hydrogen (secondary N) is 2. The molecule has 2 aromatic rings. The number of anilines is 1. The highest BCUT2D eigenvalue weighted by atomic mass is 16.5. The Bertz CT molecular complexity index is 547. The average molecular weight is 237 g/mol. The lowest BCUT2D eigenvalue weighted by Crippen LogP contribution is -2.24. The van der Waals surface area contributed by atoms with E-state index in [-0.39, 0.29) is 11.7 Å². The van der Waals surface area contributed by atoms with Crippen molar-refractivity contribution in [3.05, 3.63) is 22.9 Å². The number of methoxy groups -OCH3 is 1. The highest BCUT2D eigenvalue weighted by molar-refractivity contribution is 5.48. The Balaban J connectivity index is 2.21. The minimum Gasteiger partial charge on any atom is -0.383 e. The maximum atomic E-state index is 11.2. The van der Waals surface area contributed by atoms with E-state index in [4.69, 9.17) is 4.74 Å². The van der Waals surface area contributed by atoms with Gasteiger partial charge in [0.05, 0.1) is 12.6 Å². The number of aromatic amines is 1. The first-order valence-electron chi connectivity index (χ1n) is 5.43. The molecule has 0 saturated carbocycles. The zero-order valence-electron chi connectivity index (χ0n) is 9.80. The van der Waals surface area contributed by atoms with Crippen molar-refractivity contribution in [3.8, 4) is 0 Å². The van der Waals surface area contributed by atoms with E-state index >= 15 is 0 Å². The van der Waals surface area contributed by atoms with Crippen molar-refractivity contribution >= 4 is 11.5 Å². The number of hydrogen-bond acceptors (Lipinski definition) is 5. The van der Waals surface area contributed by atoms with E-state index in [2.05, 4.69) is 27.4 Å². The lowest BCUT2D eigenvalue weighted by Gasteiger charge is -2.16. The van der Waals surface area contributed by atoms with Crippen molar-refractivity contribution in [2.45, 2.75) is 19.4 Å². The number of hydrogen-bond donors (Lipinski definition) is 2. The topological polar surface area (TPSA) is 84.3 Å². The van der Waals surface area contributed by atoms with E-state index in [1.165, 1.54) is 10.7 Å². The molecule has 7 nitrogen and oxygen atoms in total. The Morgan fingerprint density at radius 2 is 2.47 bits per heavy atom. The molecule has 0 fully saturated rings. The molecule has 0 aliphatic rings. The van der Waals surface area contributed by atoms with E-state index < -0.39 is 0 Å². The number of nitrogens with zero attached hydrogens (tertiary/aromatic N) is 3. The highest BCUT2D eigenvalue weighted by Crippen LogP contribution is 2.07. The van der Waals surface area contributed by atoms with Gasteiger partial charge in [-0.15, -0.1) is 0 Å². The van der Waals surface area contributed by atoms with Crippen LogP contribution in [-0.2, 0) is 4.74 Å². The first-order valence-corrected chi connectivity index (χ1v) is 5.43. The molecule has 0 aliphatic carbocycles. The fourth-order valence-corrected chi connectivity index (χ4v) is 1.56. The highest BCUT2D eigenvalue weighted by Gasteiger charge is 2.08. The second kappa shape index (κ2) is 4.96. The molecule has 0 amide bonds. The van der Waals surface area contributed by atoms with Crippen LogP contribution >= 0.6 is 0 Å². The number of ether oxygens (including phenoxy) is 1. The van der Waals surface area contributed by atoms with Crippen molar-refractivity contribution in [2.75, 3.05) is 19.0 Å². The molecular weight excluding hydrogens is 222 g/mol. The zero-order chi connectivity index (χ0) is 12.3. The average Bonchev–Trinajstić information content (AvgIpc) is 2.70. The largest absolute Gasteiger partial charge is 0.383 e. The third-order valence-corrected chi connectivity index (χ3v) is 2.52. The van der Waals surface area contributed by atoms with Crippen LogP contribution in [0.15, 0.2) is 17.2 Å². The summed E-state index contributed by atoms with van der Waals surface area (Å²) >= 11 is 0. The van der Waals surface area contributed by atoms with Crippen LogP contribution in [0.2, 0.25) is 0 Å². The second-order valence-electron chi connectivity index (χ2n) is 3.74. The van der Waals surface area contributed by atoms with Crippen molar-refractivity contribution in [1.29, 1.82) is 0 Å². The summed E-state index contributed by atoms with van der Waals surface area (Å²) in [4.78, 5) is 15.4. The zero-order valence-corrected chi connectivity index (χ0v) is 9.80. The van der Waals surface area contributed by atoms with Crippen LogP contribution in [0.25, 0.3) is 5.65 Å². The molecule has 1 unspecified atom stereocenters. The van der Waals surface area contributed by atoms with Gasteiger partial charge in [0.25, 0.3) is 0 Å². The normalized spacial score (nSPS) is 12.8. The molecule has 0 bridgehead atoms. The van der Waals surface area contributed by atoms with Crippen LogP contribution in [0, 0.1) is 0 Å². The summed E-state index contributed by atoms with van der Waals surface area (Å²) in [6.45, 7) is 2.67. The third kappa shape index (κ3) is 2.44. The molecular formula is C10H15N5O2. The third-order valence-electron chi connectivity index (χ3n) is 2.52.